The third-order valence-electron chi connectivity index (χ3n) is 4.20. The SMILES string of the molecule is CC(NCc1ccc(N2CCCCC2)cc1)c1ncc[nH]1. The van der Waals surface area contributed by atoms with E-state index in [0.717, 1.165) is 12.4 Å². The maximum absolute atomic E-state index is 4.28. The van der Waals surface area contributed by atoms with Crippen LogP contribution in [0.3, 0.4) is 0 Å². The maximum atomic E-state index is 4.28. The summed E-state index contributed by atoms with van der Waals surface area (Å²) < 4.78 is 0. The number of hydrogen-bond donors (Lipinski definition) is 2. The van der Waals surface area contributed by atoms with Gasteiger partial charge in [-0.2, -0.15) is 0 Å². The first-order chi connectivity index (χ1) is 10.3. The number of nitrogens with zero attached hydrogens (tertiary/aromatic N) is 2. The van der Waals surface area contributed by atoms with Crippen LogP contribution in [-0.2, 0) is 6.54 Å². The van der Waals surface area contributed by atoms with E-state index >= 15 is 0 Å². The summed E-state index contributed by atoms with van der Waals surface area (Å²) in [6, 6.07) is 9.19. The van der Waals surface area contributed by atoms with Gasteiger partial charge < -0.3 is 15.2 Å². The number of aromatic nitrogens is 2. The lowest BCUT2D eigenvalue weighted by atomic mass is 10.1. The quantitative estimate of drug-likeness (QED) is 0.886. The average Bonchev–Trinajstić information content (AvgIpc) is 3.08. The van der Waals surface area contributed by atoms with Gasteiger partial charge in [0.2, 0.25) is 0 Å². The highest BCUT2D eigenvalue weighted by molar-refractivity contribution is 5.47. The maximum Gasteiger partial charge on any atom is 0.122 e. The Bertz CT molecular complexity index is 526. The van der Waals surface area contributed by atoms with Crippen LogP contribution in [0.15, 0.2) is 36.7 Å². The molecule has 1 saturated heterocycles. The van der Waals surface area contributed by atoms with Gasteiger partial charge >= 0.3 is 0 Å². The highest BCUT2D eigenvalue weighted by Gasteiger charge is 2.11. The molecule has 1 aliphatic rings. The second kappa shape index (κ2) is 6.76. The van der Waals surface area contributed by atoms with E-state index in [1.165, 1.54) is 43.6 Å². The van der Waals surface area contributed by atoms with Crippen LogP contribution < -0.4 is 10.2 Å². The van der Waals surface area contributed by atoms with Crippen molar-refractivity contribution in [1.29, 1.82) is 0 Å². The number of rotatable bonds is 5. The van der Waals surface area contributed by atoms with Crippen LogP contribution in [0, 0.1) is 0 Å². The summed E-state index contributed by atoms with van der Waals surface area (Å²) in [5.74, 6) is 0.986. The van der Waals surface area contributed by atoms with Crippen LogP contribution >= 0.6 is 0 Å². The van der Waals surface area contributed by atoms with E-state index < -0.39 is 0 Å². The molecule has 1 fully saturated rings. The van der Waals surface area contributed by atoms with E-state index in [0.29, 0.717) is 0 Å². The minimum Gasteiger partial charge on any atom is -0.372 e. The number of benzene rings is 1. The molecule has 3 rings (SSSR count). The molecule has 2 N–H and O–H groups in total. The molecule has 4 nitrogen and oxygen atoms in total. The molecule has 2 aromatic rings. The van der Waals surface area contributed by atoms with E-state index in [1.807, 2.05) is 6.20 Å². The highest BCUT2D eigenvalue weighted by atomic mass is 15.1. The van der Waals surface area contributed by atoms with Crippen LogP contribution in [0.25, 0.3) is 0 Å². The van der Waals surface area contributed by atoms with Gasteiger partial charge in [0.05, 0.1) is 6.04 Å². The van der Waals surface area contributed by atoms with Gasteiger partial charge in [-0.3, -0.25) is 0 Å². The third kappa shape index (κ3) is 3.64. The van der Waals surface area contributed by atoms with Crippen LogP contribution in [0.2, 0.25) is 0 Å². The molecular formula is C17H24N4. The Morgan fingerprint density at radius 1 is 1.19 bits per heavy atom. The Kier molecular flexibility index (Phi) is 4.55. The number of hydrogen-bond acceptors (Lipinski definition) is 3. The Hall–Kier alpha value is -1.81. The van der Waals surface area contributed by atoms with Crippen LogP contribution in [-0.4, -0.2) is 23.1 Å². The summed E-state index contributed by atoms with van der Waals surface area (Å²) in [6.07, 6.45) is 7.68. The fourth-order valence-electron chi connectivity index (χ4n) is 2.86. The molecule has 0 saturated carbocycles. The molecule has 0 spiro atoms. The summed E-state index contributed by atoms with van der Waals surface area (Å²) >= 11 is 0. The minimum absolute atomic E-state index is 0.238. The van der Waals surface area contributed by atoms with E-state index in [4.69, 9.17) is 0 Å². The number of nitrogens with one attached hydrogen (secondary N) is 2. The Labute approximate surface area is 126 Å². The van der Waals surface area contributed by atoms with Crippen LogP contribution in [0.5, 0.6) is 0 Å². The van der Waals surface area contributed by atoms with Crippen molar-refractivity contribution in [3.05, 3.63) is 48.0 Å². The van der Waals surface area contributed by atoms with Gasteiger partial charge in [-0.25, -0.2) is 4.98 Å². The molecule has 0 radical (unpaired) electrons. The van der Waals surface area contributed by atoms with Crippen molar-refractivity contribution in [1.82, 2.24) is 15.3 Å². The summed E-state index contributed by atoms with van der Waals surface area (Å²) in [5.41, 5.74) is 2.67. The predicted molar refractivity (Wildman–Crippen MR) is 86.3 cm³/mol. The van der Waals surface area contributed by atoms with Crippen molar-refractivity contribution < 1.29 is 0 Å². The summed E-state index contributed by atoms with van der Waals surface area (Å²) in [4.78, 5) is 9.92. The molecule has 1 aromatic heterocycles. The molecule has 1 aliphatic heterocycles. The standard InChI is InChI=1S/C17H24N4/c1-14(17-18-9-10-19-17)20-13-15-5-7-16(8-6-15)21-11-3-2-4-12-21/h5-10,14,20H,2-4,11-13H2,1H3,(H,18,19). The lowest BCUT2D eigenvalue weighted by molar-refractivity contribution is 0.550. The van der Waals surface area contributed by atoms with Gasteiger partial charge in [-0.05, 0) is 43.9 Å². The summed E-state index contributed by atoms with van der Waals surface area (Å²) in [7, 11) is 0. The molecule has 0 aliphatic carbocycles. The van der Waals surface area contributed by atoms with Gasteiger partial charge in [0.25, 0.3) is 0 Å². The molecule has 0 bridgehead atoms. The van der Waals surface area contributed by atoms with Gasteiger partial charge in [0.15, 0.2) is 0 Å². The zero-order valence-electron chi connectivity index (χ0n) is 12.7. The normalized spacial score (nSPS) is 16.9. The summed E-state index contributed by atoms with van der Waals surface area (Å²) in [5, 5.41) is 3.49. The average molecular weight is 284 g/mol. The highest BCUT2D eigenvalue weighted by Crippen LogP contribution is 2.20. The Morgan fingerprint density at radius 2 is 1.95 bits per heavy atom. The van der Waals surface area contributed by atoms with Gasteiger partial charge in [0.1, 0.15) is 5.82 Å². The van der Waals surface area contributed by atoms with E-state index in [-0.39, 0.29) is 6.04 Å². The van der Waals surface area contributed by atoms with Crippen molar-refractivity contribution in [3.63, 3.8) is 0 Å². The lowest BCUT2D eigenvalue weighted by Crippen LogP contribution is -2.29. The smallest absolute Gasteiger partial charge is 0.122 e. The molecule has 112 valence electrons. The molecule has 2 heterocycles. The first-order valence-corrected chi connectivity index (χ1v) is 7.89. The predicted octanol–water partition coefficient (Wildman–Crippen LogP) is 3.25. The van der Waals surface area contributed by atoms with Crippen molar-refractivity contribution in [2.75, 3.05) is 18.0 Å². The molecular weight excluding hydrogens is 260 g/mol. The van der Waals surface area contributed by atoms with Crippen LogP contribution in [0.1, 0.15) is 43.6 Å². The van der Waals surface area contributed by atoms with Gasteiger partial charge in [0, 0.05) is 37.7 Å². The first-order valence-electron chi connectivity index (χ1n) is 7.89. The minimum atomic E-state index is 0.238. The number of aromatic amines is 1. The molecule has 4 heteroatoms. The Balaban J connectivity index is 1.54. The second-order valence-electron chi connectivity index (χ2n) is 5.79. The molecule has 1 aromatic carbocycles. The van der Waals surface area contributed by atoms with Gasteiger partial charge in [-0.15, -0.1) is 0 Å². The third-order valence-corrected chi connectivity index (χ3v) is 4.20. The van der Waals surface area contributed by atoms with Crippen molar-refractivity contribution in [3.8, 4) is 0 Å². The number of piperidine rings is 1. The molecule has 1 unspecified atom stereocenters. The number of anilines is 1. The number of H-pyrrole nitrogens is 1. The second-order valence-corrected chi connectivity index (χ2v) is 5.79. The summed E-state index contributed by atoms with van der Waals surface area (Å²) in [6.45, 7) is 5.39. The zero-order chi connectivity index (χ0) is 14.5. The molecule has 1 atom stereocenters. The topological polar surface area (TPSA) is 44.0 Å². The van der Waals surface area contributed by atoms with Crippen LogP contribution in [0.4, 0.5) is 5.69 Å². The lowest BCUT2D eigenvalue weighted by Gasteiger charge is -2.28. The largest absolute Gasteiger partial charge is 0.372 e. The van der Waals surface area contributed by atoms with Crippen molar-refractivity contribution >= 4 is 5.69 Å². The van der Waals surface area contributed by atoms with E-state index in [2.05, 4.69) is 51.4 Å². The first kappa shape index (κ1) is 14.1. The fraction of sp³-hybridized carbons (Fsp3) is 0.471. The van der Waals surface area contributed by atoms with Gasteiger partial charge in [-0.1, -0.05) is 12.1 Å². The monoisotopic (exact) mass is 284 g/mol. The van der Waals surface area contributed by atoms with E-state index in [9.17, 15) is 0 Å². The Morgan fingerprint density at radius 3 is 2.62 bits per heavy atom. The molecule has 0 amide bonds. The van der Waals surface area contributed by atoms with Crippen molar-refractivity contribution in [2.45, 2.75) is 38.8 Å². The zero-order valence-corrected chi connectivity index (χ0v) is 12.7. The van der Waals surface area contributed by atoms with Crippen molar-refractivity contribution in [2.24, 2.45) is 0 Å². The van der Waals surface area contributed by atoms with E-state index in [1.54, 1.807) is 6.20 Å². The number of imidazole rings is 1. The fourth-order valence-corrected chi connectivity index (χ4v) is 2.86. The molecule has 21 heavy (non-hydrogen) atoms.